The molecule has 0 bridgehead atoms. The topological polar surface area (TPSA) is 62.7 Å². The highest BCUT2D eigenvalue weighted by molar-refractivity contribution is 8.04. The molecule has 0 atom stereocenters. The van der Waals surface area contributed by atoms with Crippen LogP contribution in [-0.4, -0.2) is 49.5 Å². The maximum Gasteiger partial charge on any atom is 0.232 e. The number of unbranched alkanes of at least 4 members (excludes halogenated alkanes) is 42. The van der Waals surface area contributed by atoms with Gasteiger partial charge in [0.05, 0.1) is 0 Å². The molecule has 2 N–H and O–H groups in total. The Labute approximate surface area is 594 Å². The number of nitrogens with one attached hydrogen (secondary N) is 2. The summed E-state index contributed by atoms with van der Waals surface area (Å²) in [6, 6.07) is 21.1. The molecule has 521 valence electrons. The molecule has 11 heteroatoms. The summed E-state index contributed by atoms with van der Waals surface area (Å²) in [5.74, 6) is 8.77. The molecular formula is C81H136N5S6. The number of thioether (sulfide) groups is 6. The molecule has 1 radical (unpaired) electrons. The normalized spacial score (nSPS) is 11.6. The number of hydrogen-bond donors (Lipinski definition) is 2. The molecule has 4 rings (SSSR count). The van der Waals surface area contributed by atoms with Gasteiger partial charge in [-0.3, -0.25) is 0 Å². The summed E-state index contributed by atoms with van der Waals surface area (Å²) in [5, 5.41) is 7.73. The lowest BCUT2D eigenvalue weighted by molar-refractivity contribution is 0.586. The van der Waals surface area contributed by atoms with Crippen molar-refractivity contribution in [2.75, 3.05) is 45.2 Å². The van der Waals surface area contributed by atoms with E-state index in [9.17, 15) is 0 Å². The van der Waals surface area contributed by atoms with Crippen LogP contribution < -0.4 is 10.6 Å². The second kappa shape index (κ2) is 59.4. The third kappa shape index (κ3) is 40.9. The molecule has 0 aliphatic carbocycles. The van der Waals surface area contributed by atoms with Crippen molar-refractivity contribution in [1.82, 2.24) is 15.0 Å². The third-order valence-electron chi connectivity index (χ3n) is 17.7. The third-order valence-corrected chi connectivity index (χ3v) is 25.1. The van der Waals surface area contributed by atoms with Gasteiger partial charge in [0.2, 0.25) is 11.9 Å². The molecular weight excluding hydrogens is 1240 g/mol. The van der Waals surface area contributed by atoms with E-state index in [0.29, 0.717) is 17.7 Å². The summed E-state index contributed by atoms with van der Waals surface area (Å²) in [5.41, 5.74) is 3.10. The van der Waals surface area contributed by atoms with Gasteiger partial charge in [0.25, 0.3) is 0 Å². The van der Waals surface area contributed by atoms with Crippen LogP contribution in [0.4, 0.5) is 23.3 Å². The fourth-order valence-corrected chi connectivity index (χ4v) is 19.4. The average molecular weight is 1370 g/mol. The van der Waals surface area contributed by atoms with E-state index in [2.05, 4.69) is 165 Å². The summed E-state index contributed by atoms with van der Waals surface area (Å²) >= 11 is 12.6. The zero-order chi connectivity index (χ0) is 65.3. The molecule has 1 aromatic heterocycles. The Hall–Kier alpha value is -1.63. The number of nitrogens with zero attached hydrogens (tertiary/aromatic N) is 3. The Morgan fingerprint density at radius 1 is 0.272 bits per heavy atom. The predicted octanol–water partition coefficient (Wildman–Crippen LogP) is 30.2. The highest BCUT2D eigenvalue weighted by atomic mass is 32.2. The number of hydrogen-bond acceptors (Lipinski definition) is 11. The van der Waals surface area contributed by atoms with E-state index in [1.807, 2.05) is 12.1 Å². The summed E-state index contributed by atoms with van der Waals surface area (Å²) in [6.07, 6.45) is 64.7. The predicted molar refractivity (Wildman–Crippen MR) is 424 cm³/mol. The molecule has 92 heavy (non-hydrogen) atoms. The molecule has 0 amide bonds. The fourth-order valence-electron chi connectivity index (χ4n) is 11.9. The van der Waals surface area contributed by atoms with Gasteiger partial charge in [0.15, 0.2) is 5.82 Å². The second-order valence-electron chi connectivity index (χ2n) is 26.4. The van der Waals surface area contributed by atoms with E-state index in [-0.39, 0.29) is 0 Å². The number of rotatable bonds is 65. The standard InChI is InChI=1S/C81H136N5S6/c1-7-13-19-25-31-37-43-52-60-87-73-66-71(67-74(88-61-53-44-38-32-26-20-14-8-2)77(73)91-64-56-47-41-35-29-23-17-11-5)82-80-84-79(70-58-50-49-51-59-70)85-81(86-80)83-72-68-75(89-62-54-45-39-33-27-21-15-9-3)78(92-65-57-48-42-36-30-24-18-12-6)76(69-72)90-63-55-46-40-34-28-22-16-10-4/h50-51,58-59,66-69H,7-48,52-57,60-65H2,1-6H3,(H2,82,83,84,85,86). The minimum Gasteiger partial charge on any atom is -0.324 e. The molecule has 0 saturated carbocycles. The lowest BCUT2D eigenvalue weighted by atomic mass is 10.1. The first-order chi connectivity index (χ1) is 45.5. The van der Waals surface area contributed by atoms with Crippen LogP contribution in [0.5, 0.6) is 0 Å². The number of aromatic nitrogens is 3. The van der Waals surface area contributed by atoms with Gasteiger partial charge < -0.3 is 10.6 Å². The lowest BCUT2D eigenvalue weighted by Crippen LogP contribution is -2.06. The van der Waals surface area contributed by atoms with Crippen molar-refractivity contribution < 1.29 is 0 Å². The van der Waals surface area contributed by atoms with Crippen LogP contribution in [0.15, 0.2) is 77.9 Å². The maximum absolute atomic E-state index is 5.32. The van der Waals surface area contributed by atoms with Crippen molar-refractivity contribution in [3.8, 4) is 11.4 Å². The van der Waals surface area contributed by atoms with Crippen molar-refractivity contribution >= 4 is 93.8 Å². The van der Waals surface area contributed by atoms with Crippen molar-refractivity contribution in [2.45, 2.75) is 379 Å². The van der Waals surface area contributed by atoms with Crippen LogP contribution in [0.2, 0.25) is 0 Å². The summed E-state index contributed by atoms with van der Waals surface area (Å²) in [7, 11) is 0. The zero-order valence-electron chi connectivity index (χ0n) is 60.1. The Balaban J connectivity index is 1.72. The maximum atomic E-state index is 5.32. The minimum absolute atomic E-state index is 0.578. The van der Waals surface area contributed by atoms with Gasteiger partial charge in [0.1, 0.15) is 0 Å². The quantitative estimate of drug-likeness (QED) is 0.0328. The first-order valence-corrected chi connectivity index (χ1v) is 44.8. The SMILES string of the molecule is CCCCCCCCCCSc1cc(Nc2nc(Nc3cc(SCCCCCCCCCC)c(SCCCCCCCCCC)c(SCCCCCCCCCC)c3)nc(-c3cc[c]cc3)n2)cc(SCCCCCCCCCC)c1SCCCCCCCCCC. The van der Waals surface area contributed by atoms with Gasteiger partial charge in [-0.1, -0.05) is 335 Å². The van der Waals surface area contributed by atoms with E-state index < -0.39 is 0 Å². The van der Waals surface area contributed by atoms with E-state index in [4.69, 9.17) is 15.0 Å². The van der Waals surface area contributed by atoms with Crippen molar-refractivity contribution in [3.63, 3.8) is 0 Å². The molecule has 0 fully saturated rings. The van der Waals surface area contributed by atoms with Gasteiger partial charge >= 0.3 is 0 Å². The summed E-state index contributed by atoms with van der Waals surface area (Å²) in [6.45, 7) is 13.9. The Kier molecular flexibility index (Phi) is 53.5. The van der Waals surface area contributed by atoms with Gasteiger partial charge in [-0.25, -0.2) is 0 Å². The molecule has 3 aromatic carbocycles. The van der Waals surface area contributed by atoms with Gasteiger partial charge in [-0.05, 0) is 103 Å². The largest absolute Gasteiger partial charge is 0.324 e. The molecule has 5 nitrogen and oxygen atoms in total. The van der Waals surface area contributed by atoms with Crippen LogP contribution in [0.25, 0.3) is 11.4 Å². The smallest absolute Gasteiger partial charge is 0.232 e. The average Bonchev–Trinajstić information content (AvgIpc) is 0.921. The molecule has 1 heterocycles. The van der Waals surface area contributed by atoms with Crippen LogP contribution in [-0.2, 0) is 0 Å². The molecule has 0 spiro atoms. The van der Waals surface area contributed by atoms with Crippen LogP contribution in [0.1, 0.15) is 350 Å². The highest BCUT2D eigenvalue weighted by Gasteiger charge is 2.19. The second-order valence-corrected chi connectivity index (χ2v) is 33.1. The van der Waals surface area contributed by atoms with Gasteiger partial charge in [-0.15, -0.1) is 70.6 Å². The van der Waals surface area contributed by atoms with Gasteiger partial charge in [-0.2, -0.15) is 15.0 Å². The van der Waals surface area contributed by atoms with E-state index in [1.165, 1.54) is 349 Å². The fraction of sp³-hybridized carbons (Fsp3) is 0.741. The van der Waals surface area contributed by atoms with Gasteiger partial charge in [0, 0.05) is 46.3 Å². The number of anilines is 4. The molecule has 0 aliphatic heterocycles. The monoisotopic (exact) mass is 1370 g/mol. The minimum atomic E-state index is 0.578. The van der Waals surface area contributed by atoms with Crippen LogP contribution in [0.3, 0.4) is 0 Å². The van der Waals surface area contributed by atoms with E-state index in [0.717, 1.165) is 39.9 Å². The summed E-state index contributed by atoms with van der Waals surface area (Å²) < 4.78 is 0. The van der Waals surface area contributed by atoms with Crippen LogP contribution in [0, 0.1) is 6.07 Å². The lowest BCUT2D eigenvalue weighted by Gasteiger charge is -2.19. The Morgan fingerprint density at radius 3 is 0.728 bits per heavy atom. The first kappa shape index (κ1) is 82.8. The van der Waals surface area contributed by atoms with E-state index >= 15 is 0 Å². The first-order valence-electron chi connectivity index (χ1n) is 38.9. The molecule has 0 saturated heterocycles. The van der Waals surface area contributed by atoms with Crippen molar-refractivity contribution in [2.24, 2.45) is 0 Å². The zero-order valence-corrected chi connectivity index (χ0v) is 65.0. The van der Waals surface area contributed by atoms with Crippen LogP contribution >= 0.6 is 70.6 Å². The van der Waals surface area contributed by atoms with Crippen molar-refractivity contribution in [3.05, 3.63) is 54.6 Å². The molecule has 0 aliphatic rings. The van der Waals surface area contributed by atoms with Crippen molar-refractivity contribution in [1.29, 1.82) is 0 Å². The molecule has 0 unspecified atom stereocenters. The Morgan fingerprint density at radius 2 is 0.489 bits per heavy atom. The Bertz CT molecular complexity index is 2110. The summed E-state index contributed by atoms with van der Waals surface area (Å²) in [4.78, 5) is 24.5. The number of benzene rings is 3. The highest BCUT2D eigenvalue weighted by Crippen LogP contribution is 2.45. The van der Waals surface area contributed by atoms with E-state index in [1.54, 1.807) is 0 Å². The molecule has 4 aromatic rings.